The van der Waals surface area contributed by atoms with Gasteiger partial charge in [0.05, 0.1) is 6.04 Å². The molecule has 0 spiro atoms. The Labute approximate surface area is 192 Å². The first kappa shape index (κ1) is 22.1. The zero-order chi connectivity index (χ0) is 22.5. The smallest absolute Gasteiger partial charge is 0.258 e. The van der Waals surface area contributed by atoms with Crippen LogP contribution in [0.4, 0.5) is 5.69 Å². The van der Waals surface area contributed by atoms with E-state index in [1.54, 1.807) is 17.4 Å². The Morgan fingerprint density at radius 3 is 2.62 bits per heavy atom. The molecule has 1 aliphatic rings. The highest BCUT2D eigenvalue weighted by Crippen LogP contribution is 2.29. The number of anilines is 1. The lowest BCUT2D eigenvalue weighted by molar-refractivity contribution is -0.123. The van der Waals surface area contributed by atoms with Gasteiger partial charge in [-0.3, -0.25) is 9.59 Å². The van der Waals surface area contributed by atoms with Crippen LogP contribution in [0, 0.1) is 0 Å². The molecular formula is C26H28N2O3S. The maximum atomic E-state index is 12.8. The standard InChI is InChI=1S/C26H28N2O3S/c1-3-17(2)18-6-8-19(9-7-18)26(23-5-4-14-32-23)28-25(30)16-31-21-11-12-22-20(15-21)10-13-24(29)27-22/h4-9,11-12,14-15,17,26H,3,10,13,16H2,1-2H3,(H,27,29)(H,28,30)/t17-,26+/m1/s1. The molecule has 166 valence electrons. The number of benzene rings is 2. The average Bonchev–Trinajstić information content (AvgIpc) is 3.35. The molecule has 2 amide bonds. The maximum absolute atomic E-state index is 12.8. The van der Waals surface area contributed by atoms with Gasteiger partial charge >= 0.3 is 0 Å². The first-order valence-electron chi connectivity index (χ1n) is 11.0. The number of carbonyl (C=O) groups excluding carboxylic acids is 2. The lowest BCUT2D eigenvalue weighted by Crippen LogP contribution is -2.33. The maximum Gasteiger partial charge on any atom is 0.258 e. The number of hydrogen-bond acceptors (Lipinski definition) is 4. The van der Waals surface area contributed by atoms with Gasteiger partial charge in [-0.15, -0.1) is 11.3 Å². The van der Waals surface area contributed by atoms with Crippen LogP contribution in [0.3, 0.4) is 0 Å². The molecule has 2 N–H and O–H groups in total. The van der Waals surface area contributed by atoms with Gasteiger partial charge in [-0.1, -0.05) is 44.2 Å². The number of fused-ring (bicyclic) bond motifs is 1. The van der Waals surface area contributed by atoms with Crippen molar-refractivity contribution in [1.29, 1.82) is 0 Å². The molecule has 0 fully saturated rings. The van der Waals surface area contributed by atoms with Gasteiger partial charge in [0.15, 0.2) is 6.61 Å². The molecule has 3 aromatic rings. The molecule has 6 heteroatoms. The van der Waals surface area contributed by atoms with Gasteiger partial charge in [0.1, 0.15) is 5.75 Å². The molecule has 1 aromatic heterocycles. The number of thiophene rings is 1. The van der Waals surface area contributed by atoms with Crippen molar-refractivity contribution in [2.45, 2.75) is 45.1 Å². The van der Waals surface area contributed by atoms with Crippen molar-refractivity contribution in [1.82, 2.24) is 5.32 Å². The van der Waals surface area contributed by atoms with Crippen LogP contribution in [0.5, 0.6) is 5.75 Å². The van der Waals surface area contributed by atoms with Gasteiger partial charge in [0, 0.05) is 17.0 Å². The highest BCUT2D eigenvalue weighted by molar-refractivity contribution is 7.10. The Balaban J connectivity index is 1.43. The summed E-state index contributed by atoms with van der Waals surface area (Å²) in [5, 5.41) is 8.00. The van der Waals surface area contributed by atoms with Gasteiger partial charge in [-0.25, -0.2) is 0 Å². The largest absolute Gasteiger partial charge is 0.484 e. The molecular weight excluding hydrogens is 420 g/mol. The highest BCUT2D eigenvalue weighted by Gasteiger charge is 2.19. The molecule has 0 unspecified atom stereocenters. The first-order chi connectivity index (χ1) is 15.5. The van der Waals surface area contributed by atoms with Gasteiger partial charge in [-0.2, -0.15) is 0 Å². The molecule has 32 heavy (non-hydrogen) atoms. The van der Waals surface area contributed by atoms with Crippen LogP contribution in [0.15, 0.2) is 60.0 Å². The molecule has 5 nitrogen and oxygen atoms in total. The quantitative estimate of drug-likeness (QED) is 0.483. The van der Waals surface area contributed by atoms with Crippen molar-refractivity contribution < 1.29 is 14.3 Å². The fourth-order valence-corrected chi connectivity index (χ4v) is 4.63. The number of amides is 2. The van der Waals surface area contributed by atoms with Crippen molar-refractivity contribution >= 4 is 28.8 Å². The van der Waals surface area contributed by atoms with E-state index >= 15 is 0 Å². The second-order valence-electron chi connectivity index (χ2n) is 8.15. The number of hydrogen-bond donors (Lipinski definition) is 2. The summed E-state index contributed by atoms with van der Waals surface area (Å²) >= 11 is 1.62. The van der Waals surface area contributed by atoms with Crippen LogP contribution in [0.25, 0.3) is 0 Å². The first-order valence-corrected chi connectivity index (χ1v) is 11.9. The van der Waals surface area contributed by atoms with Crippen molar-refractivity contribution in [3.63, 3.8) is 0 Å². The number of ether oxygens (including phenoxy) is 1. The third kappa shape index (κ3) is 5.19. The molecule has 2 heterocycles. The predicted octanol–water partition coefficient (Wildman–Crippen LogP) is 5.43. The Morgan fingerprint density at radius 1 is 1.12 bits per heavy atom. The van der Waals surface area contributed by atoms with Crippen molar-refractivity contribution in [2.75, 3.05) is 11.9 Å². The second kappa shape index (κ2) is 10.0. The van der Waals surface area contributed by atoms with E-state index in [1.807, 2.05) is 29.6 Å². The third-order valence-corrected chi connectivity index (χ3v) is 6.86. The fourth-order valence-electron chi connectivity index (χ4n) is 3.83. The van der Waals surface area contributed by atoms with E-state index in [-0.39, 0.29) is 24.5 Å². The minimum Gasteiger partial charge on any atom is -0.484 e. The summed E-state index contributed by atoms with van der Waals surface area (Å²) in [5.74, 6) is 0.987. The second-order valence-corrected chi connectivity index (χ2v) is 9.13. The average molecular weight is 449 g/mol. The van der Waals surface area contributed by atoms with Crippen molar-refractivity contribution in [3.05, 3.63) is 81.5 Å². The van der Waals surface area contributed by atoms with E-state index in [9.17, 15) is 9.59 Å². The minimum atomic E-state index is -0.212. The zero-order valence-corrected chi connectivity index (χ0v) is 19.2. The molecule has 0 aliphatic carbocycles. The molecule has 0 saturated carbocycles. The van der Waals surface area contributed by atoms with E-state index in [1.165, 1.54) is 5.56 Å². The van der Waals surface area contributed by atoms with Crippen LogP contribution < -0.4 is 15.4 Å². The number of nitrogens with one attached hydrogen (secondary N) is 2. The Kier molecular flexibility index (Phi) is 6.90. The SMILES string of the molecule is CC[C@@H](C)c1ccc([C@H](NC(=O)COc2ccc3c(c2)CCC(=O)N3)c2cccs2)cc1. The van der Waals surface area contributed by atoms with Crippen LogP contribution in [-0.4, -0.2) is 18.4 Å². The molecule has 0 saturated heterocycles. The van der Waals surface area contributed by atoms with Crippen LogP contribution in [0.1, 0.15) is 60.2 Å². The number of carbonyl (C=O) groups is 2. The zero-order valence-electron chi connectivity index (χ0n) is 18.4. The number of rotatable bonds is 8. The summed E-state index contributed by atoms with van der Waals surface area (Å²) < 4.78 is 5.76. The van der Waals surface area contributed by atoms with E-state index in [4.69, 9.17) is 4.74 Å². The fraction of sp³-hybridized carbons (Fsp3) is 0.308. The monoisotopic (exact) mass is 448 g/mol. The molecule has 4 rings (SSSR count). The lowest BCUT2D eigenvalue weighted by atomic mass is 9.95. The van der Waals surface area contributed by atoms with Crippen LogP contribution >= 0.6 is 11.3 Å². The van der Waals surface area contributed by atoms with Crippen molar-refractivity contribution in [2.24, 2.45) is 0 Å². The molecule has 0 radical (unpaired) electrons. The highest BCUT2D eigenvalue weighted by atomic mass is 32.1. The van der Waals surface area contributed by atoms with Gasteiger partial charge < -0.3 is 15.4 Å². The Hall–Kier alpha value is -3.12. The molecule has 1 aliphatic heterocycles. The summed E-state index contributed by atoms with van der Waals surface area (Å²) in [7, 11) is 0. The topological polar surface area (TPSA) is 67.4 Å². The van der Waals surface area contributed by atoms with Gasteiger partial charge in [0.25, 0.3) is 5.91 Å². The molecule has 2 atom stereocenters. The minimum absolute atomic E-state index is 0.0300. The Bertz CT molecular complexity index is 1080. The van der Waals surface area contributed by atoms with E-state index in [0.29, 0.717) is 24.5 Å². The van der Waals surface area contributed by atoms with E-state index < -0.39 is 0 Å². The van der Waals surface area contributed by atoms with Crippen LogP contribution in [0.2, 0.25) is 0 Å². The summed E-state index contributed by atoms with van der Waals surface area (Å²) in [6.07, 6.45) is 2.24. The third-order valence-electron chi connectivity index (χ3n) is 5.93. The van der Waals surface area contributed by atoms with Gasteiger partial charge in [-0.05, 0) is 65.1 Å². The molecule has 2 aromatic carbocycles. The lowest BCUT2D eigenvalue weighted by Gasteiger charge is -2.20. The van der Waals surface area contributed by atoms with Gasteiger partial charge in [0.2, 0.25) is 5.91 Å². The predicted molar refractivity (Wildman–Crippen MR) is 128 cm³/mol. The van der Waals surface area contributed by atoms with E-state index in [2.05, 4.69) is 48.7 Å². The number of aryl methyl sites for hydroxylation is 1. The van der Waals surface area contributed by atoms with Crippen molar-refractivity contribution in [3.8, 4) is 5.75 Å². The normalized spacial score (nSPS) is 14.8. The van der Waals surface area contributed by atoms with Crippen LogP contribution in [-0.2, 0) is 16.0 Å². The summed E-state index contributed by atoms with van der Waals surface area (Å²) in [4.78, 5) is 25.4. The summed E-state index contributed by atoms with van der Waals surface area (Å²) in [6, 6.07) is 17.8. The molecule has 0 bridgehead atoms. The van der Waals surface area contributed by atoms with E-state index in [0.717, 1.165) is 28.1 Å². The Morgan fingerprint density at radius 2 is 1.91 bits per heavy atom. The summed E-state index contributed by atoms with van der Waals surface area (Å²) in [6.45, 7) is 4.34. The summed E-state index contributed by atoms with van der Waals surface area (Å²) in [5.41, 5.74) is 4.20.